The van der Waals surface area contributed by atoms with Gasteiger partial charge in [0.1, 0.15) is 22.2 Å². The van der Waals surface area contributed by atoms with Gasteiger partial charge in [-0.05, 0) is 20.8 Å². The van der Waals surface area contributed by atoms with E-state index in [1.807, 2.05) is 13.8 Å². The summed E-state index contributed by atoms with van der Waals surface area (Å²) in [4.78, 5) is 25.1. The molecule has 9 heteroatoms. The quantitative estimate of drug-likeness (QED) is 0.768. The predicted molar refractivity (Wildman–Crippen MR) is 91.8 cm³/mol. The molecule has 0 bridgehead atoms. The number of piperazine rings is 1. The van der Waals surface area contributed by atoms with Crippen LogP contribution in [0.2, 0.25) is 0 Å². The maximum Gasteiger partial charge on any atom is 0.343 e. The number of nitrogens with zero attached hydrogens (tertiary/aromatic N) is 6. The van der Waals surface area contributed by atoms with Crippen molar-refractivity contribution in [1.29, 1.82) is 0 Å². The number of aryl methyl sites for hydroxylation is 2. The van der Waals surface area contributed by atoms with Crippen LogP contribution < -0.4 is 9.80 Å². The van der Waals surface area contributed by atoms with E-state index < -0.39 is 0 Å². The van der Waals surface area contributed by atoms with Crippen LogP contribution in [-0.2, 0) is 4.74 Å². The lowest BCUT2D eigenvalue weighted by Crippen LogP contribution is -2.47. The van der Waals surface area contributed by atoms with Gasteiger partial charge in [0.05, 0.1) is 6.61 Å². The average molecular weight is 348 g/mol. The van der Waals surface area contributed by atoms with E-state index in [0.717, 1.165) is 36.3 Å². The van der Waals surface area contributed by atoms with Gasteiger partial charge >= 0.3 is 5.97 Å². The van der Waals surface area contributed by atoms with Crippen LogP contribution in [0, 0.1) is 13.8 Å². The summed E-state index contributed by atoms with van der Waals surface area (Å²) in [7, 11) is 0. The van der Waals surface area contributed by atoms with E-state index in [9.17, 15) is 4.79 Å². The number of anilines is 2. The molecule has 0 radical (unpaired) electrons. The third-order valence-corrected chi connectivity index (χ3v) is 4.65. The molecule has 0 unspecified atom stereocenters. The smallest absolute Gasteiger partial charge is 0.343 e. The molecule has 0 aromatic carbocycles. The van der Waals surface area contributed by atoms with Gasteiger partial charge in [-0.15, -0.1) is 10.2 Å². The van der Waals surface area contributed by atoms with Crippen molar-refractivity contribution in [3.8, 4) is 0 Å². The number of aromatic nitrogens is 4. The topological polar surface area (TPSA) is 84.3 Å². The van der Waals surface area contributed by atoms with E-state index in [1.54, 1.807) is 24.5 Å². The van der Waals surface area contributed by atoms with Crippen molar-refractivity contribution in [2.45, 2.75) is 20.8 Å². The van der Waals surface area contributed by atoms with Crippen molar-refractivity contribution in [1.82, 2.24) is 20.2 Å². The summed E-state index contributed by atoms with van der Waals surface area (Å²) in [5, 5.41) is 10.2. The molecule has 24 heavy (non-hydrogen) atoms. The minimum Gasteiger partial charge on any atom is -0.462 e. The normalized spacial score (nSPS) is 14.8. The summed E-state index contributed by atoms with van der Waals surface area (Å²) in [5.74, 6) is 0.906. The number of carbonyl (C=O) groups is 1. The summed E-state index contributed by atoms with van der Waals surface area (Å²) in [6.45, 7) is 9.00. The van der Waals surface area contributed by atoms with Crippen LogP contribution in [0.1, 0.15) is 28.1 Å². The number of hydrogen-bond donors (Lipinski definition) is 0. The van der Waals surface area contributed by atoms with Crippen molar-refractivity contribution >= 4 is 28.3 Å². The average Bonchev–Trinajstić information content (AvgIpc) is 3.01. The zero-order valence-electron chi connectivity index (χ0n) is 14.0. The molecule has 8 nitrogen and oxygen atoms in total. The second-order valence-corrected chi connectivity index (χ2v) is 6.61. The van der Waals surface area contributed by atoms with Gasteiger partial charge in [0.2, 0.25) is 5.13 Å². The number of carbonyl (C=O) groups excluding carboxylic acids is 1. The summed E-state index contributed by atoms with van der Waals surface area (Å²) >= 11 is 1.59. The molecule has 3 heterocycles. The van der Waals surface area contributed by atoms with Crippen molar-refractivity contribution in [3.63, 3.8) is 0 Å². The molecule has 1 fully saturated rings. The molecule has 1 saturated heterocycles. The van der Waals surface area contributed by atoms with E-state index in [-0.39, 0.29) is 5.97 Å². The number of ether oxygens (including phenoxy) is 1. The van der Waals surface area contributed by atoms with Gasteiger partial charge in [-0.25, -0.2) is 14.8 Å². The molecule has 0 amide bonds. The van der Waals surface area contributed by atoms with Gasteiger partial charge in [0.15, 0.2) is 0 Å². The highest BCUT2D eigenvalue weighted by atomic mass is 32.1. The Balaban J connectivity index is 1.76. The molecule has 1 aliphatic rings. The molecule has 0 atom stereocenters. The Bertz CT molecular complexity index is 727. The van der Waals surface area contributed by atoms with Gasteiger partial charge in [-0.3, -0.25) is 0 Å². The van der Waals surface area contributed by atoms with Crippen LogP contribution in [0.5, 0.6) is 0 Å². The SMILES string of the molecule is CCOC(=O)c1cnc(C)nc1N1CCN(c2nnc(C)s2)CC1. The molecule has 0 saturated carbocycles. The zero-order chi connectivity index (χ0) is 17.1. The number of hydrogen-bond acceptors (Lipinski definition) is 9. The Kier molecular flexibility index (Phi) is 4.89. The highest BCUT2D eigenvalue weighted by Crippen LogP contribution is 2.24. The molecule has 2 aromatic heterocycles. The monoisotopic (exact) mass is 348 g/mol. The molecular weight excluding hydrogens is 328 g/mol. The van der Waals surface area contributed by atoms with E-state index in [2.05, 4.69) is 30.0 Å². The highest BCUT2D eigenvalue weighted by Gasteiger charge is 2.25. The Morgan fingerprint density at radius 3 is 2.54 bits per heavy atom. The first kappa shape index (κ1) is 16.6. The van der Waals surface area contributed by atoms with Crippen LogP contribution in [0.4, 0.5) is 10.9 Å². The number of rotatable bonds is 4. The fourth-order valence-corrected chi connectivity index (χ4v) is 3.31. The number of esters is 1. The van der Waals surface area contributed by atoms with Crippen LogP contribution in [0.3, 0.4) is 0 Å². The minimum absolute atomic E-state index is 0.330. The summed E-state index contributed by atoms with van der Waals surface area (Å²) in [6.07, 6.45) is 1.55. The Morgan fingerprint density at radius 2 is 1.92 bits per heavy atom. The van der Waals surface area contributed by atoms with Gasteiger partial charge < -0.3 is 14.5 Å². The maximum atomic E-state index is 12.2. The van der Waals surface area contributed by atoms with E-state index in [0.29, 0.717) is 23.8 Å². The minimum atomic E-state index is -0.380. The molecular formula is C15H20N6O2S. The lowest BCUT2D eigenvalue weighted by atomic mass is 10.2. The maximum absolute atomic E-state index is 12.2. The van der Waals surface area contributed by atoms with Crippen molar-refractivity contribution < 1.29 is 9.53 Å². The Hall–Kier alpha value is -2.29. The van der Waals surface area contributed by atoms with Gasteiger partial charge in [0, 0.05) is 32.4 Å². The van der Waals surface area contributed by atoms with Crippen molar-refractivity contribution in [2.75, 3.05) is 42.6 Å². The first-order chi connectivity index (χ1) is 11.6. The van der Waals surface area contributed by atoms with Crippen LogP contribution in [-0.4, -0.2) is 58.9 Å². The first-order valence-corrected chi connectivity index (χ1v) is 8.71. The standard InChI is InChI=1S/C15H20N6O2S/c1-4-23-14(22)12-9-16-10(2)17-13(12)20-5-7-21(8-6-20)15-19-18-11(3)24-15/h9H,4-8H2,1-3H3. The zero-order valence-corrected chi connectivity index (χ0v) is 14.8. The van der Waals surface area contributed by atoms with Gasteiger partial charge in [0.25, 0.3) is 0 Å². The molecule has 2 aromatic rings. The van der Waals surface area contributed by atoms with Crippen LogP contribution in [0.25, 0.3) is 0 Å². The third kappa shape index (κ3) is 3.45. The Morgan fingerprint density at radius 1 is 1.21 bits per heavy atom. The lowest BCUT2D eigenvalue weighted by molar-refractivity contribution is 0.0526. The molecule has 0 N–H and O–H groups in total. The molecule has 3 rings (SSSR count). The largest absolute Gasteiger partial charge is 0.462 e. The first-order valence-electron chi connectivity index (χ1n) is 7.89. The second kappa shape index (κ2) is 7.08. The summed E-state index contributed by atoms with van der Waals surface area (Å²) in [5.41, 5.74) is 0.419. The van der Waals surface area contributed by atoms with Crippen LogP contribution >= 0.6 is 11.3 Å². The molecule has 0 spiro atoms. The second-order valence-electron chi connectivity index (χ2n) is 5.45. The fraction of sp³-hybridized carbons (Fsp3) is 0.533. The van der Waals surface area contributed by atoms with Crippen molar-refractivity contribution in [2.24, 2.45) is 0 Å². The van der Waals surface area contributed by atoms with Crippen LogP contribution in [0.15, 0.2) is 6.20 Å². The van der Waals surface area contributed by atoms with Gasteiger partial charge in [-0.2, -0.15) is 0 Å². The molecule has 0 aliphatic carbocycles. The predicted octanol–water partition coefficient (Wildman–Crippen LogP) is 1.45. The van der Waals surface area contributed by atoms with Crippen molar-refractivity contribution in [3.05, 3.63) is 22.6 Å². The van der Waals surface area contributed by atoms with Gasteiger partial charge in [-0.1, -0.05) is 11.3 Å². The summed E-state index contributed by atoms with van der Waals surface area (Å²) < 4.78 is 5.12. The molecule has 1 aliphatic heterocycles. The van der Waals surface area contributed by atoms with E-state index in [1.165, 1.54) is 0 Å². The Labute approximate surface area is 144 Å². The summed E-state index contributed by atoms with van der Waals surface area (Å²) in [6, 6.07) is 0. The lowest BCUT2D eigenvalue weighted by Gasteiger charge is -2.35. The fourth-order valence-electron chi connectivity index (χ4n) is 2.58. The molecule has 128 valence electrons. The third-order valence-electron chi connectivity index (χ3n) is 3.75. The van der Waals surface area contributed by atoms with E-state index in [4.69, 9.17) is 4.74 Å². The van der Waals surface area contributed by atoms with E-state index >= 15 is 0 Å². The highest BCUT2D eigenvalue weighted by molar-refractivity contribution is 7.15.